The SMILES string of the molecule is Cc1ccc(CCc2cnc(-c3cc(F)c(-c4cc(F)c5c(F)c(C#CC(F)(F)F)c(F)cc5c4)c(F)c3)nc2)cc1. The molecule has 42 heavy (non-hydrogen) atoms. The zero-order valence-corrected chi connectivity index (χ0v) is 21.7. The first kappa shape index (κ1) is 28.7. The van der Waals surface area contributed by atoms with Crippen molar-refractivity contribution in [2.75, 3.05) is 0 Å². The lowest BCUT2D eigenvalue weighted by atomic mass is 9.97. The minimum Gasteiger partial charge on any atom is -0.236 e. The first-order chi connectivity index (χ1) is 19.9. The Kier molecular flexibility index (Phi) is 7.69. The van der Waals surface area contributed by atoms with E-state index in [1.165, 1.54) is 5.92 Å². The average molecular weight is 582 g/mol. The summed E-state index contributed by atoms with van der Waals surface area (Å²) in [6, 6.07) is 12.0. The molecule has 0 aliphatic heterocycles. The van der Waals surface area contributed by atoms with E-state index in [0.29, 0.717) is 18.6 Å². The van der Waals surface area contributed by atoms with Gasteiger partial charge < -0.3 is 0 Å². The van der Waals surface area contributed by atoms with Gasteiger partial charge in [0.05, 0.1) is 16.5 Å². The molecule has 10 heteroatoms. The van der Waals surface area contributed by atoms with Crippen LogP contribution in [0.1, 0.15) is 22.3 Å². The van der Waals surface area contributed by atoms with Gasteiger partial charge in [0, 0.05) is 23.9 Å². The van der Waals surface area contributed by atoms with Crippen LogP contribution in [0.3, 0.4) is 0 Å². The van der Waals surface area contributed by atoms with Crippen molar-refractivity contribution in [1.29, 1.82) is 0 Å². The van der Waals surface area contributed by atoms with Crippen LogP contribution in [0.5, 0.6) is 0 Å². The number of benzene rings is 4. The molecule has 0 fully saturated rings. The van der Waals surface area contributed by atoms with E-state index in [-0.39, 0.29) is 17.0 Å². The number of aromatic nitrogens is 2. The number of hydrogen-bond donors (Lipinski definition) is 0. The Morgan fingerprint density at radius 3 is 1.90 bits per heavy atom. The standard InChI is InChI=1S/C32H18F8N2/c1-17-2-4-18(5-3-17)6-7-19-15-41-31(42-16-19)22-13-25(34)28(26(35)14-22)20-10-21-11-24(33)23(8-9-32(38,39)40)30(37)29(21)27(36)12-20/h2-5,10-16H,6-7H2,1H3. The molecule has 0 unspecified atom stereocenters. The molecule has 1 aromatic heterocycles. The average Bonchev–Trinajstić information content (AvgIpc) is 2.91. The second-order valence-electron chi connectivity index (χ2n) is 9.57. The van der Waals surface area contributed by atoms with Crippen molar-refractivity contribution in [3.05, 3.63) is 118 Å². The highest BCUT2D eigenvalue weighted by Gasteiger charge is 2.25. The van der Waals surface area contributed by atoms with Gasteiger partial charge in [0.2, 0.25) is 0 Å². The lowest BCUT2D eigenvalue weighted by Gasteiger charge is -2.11. The molecule has 0 atom stereocenters. The summed E-state index contributed by atoms with van der Waals surface area (Å²) in [5, 5.41) is -1.34. The van der Waals surface area contributed by atoms with Crippen molar-refractivity contribution < 1.29 is 35.1 Å². The number of hydrogen-bond acceptors (Lipinski definition) is 2. The van der Waals surface area contributed by atoms with E-state index in [0.717, 1.165) is 47.2 Å². The Bertz CT molecular complexity index is 1840. The normalized spacial score (nSPS) is 11.5. The maximum absolute atomic E-state index is 15.2. The topological polar surface area (TPSA) is 25.8 Å². The predicted molar refractivity (Wildman–Crippen MR) is 142 cm³/mol. The van der Waals surface area contributed by atoms with Crippen LogP contribution in [0, 0.1) is 47.9 Å². The van der Waals surface area contributed by atoms with Crippen molar-refractivity contribution in [2.24, 2.45) is 0 Å². The lowest BCUT2D eigenvalue weighted by Crippen LogP contribution is -2.03. The fraction of sp³-hybridized carbons (Fsp3) is 0.125. The third-order valence-electron chi connectivity index (χ3n) is 6.53. The number of alkyl halides is 3. The van der Waals surface area contributed by atoms with Crippen LogP contribution in [0.15, 0.2) is 67.0 Å². The third kappa shape index (κ3) is 6.10. The van der Waals surface area contributed by atoms with E-state index < -0.39 is 57.2 Å². The minimum atomic E-state index is -5.04. The fourth-order valence-corrected chi connectivity index (χ4v) is 4.46. The fourth-order valence-electron chi connectivity index (χ4n) is 4.46. The smallest absolute Gasteiger partial charge is 0.236 e. The van der Waals surface area contributed by atoms with Crippen molar-refractivity contribution in [1.82, 2.24) is 9.97 Å². The Morgan fingerprint density at radius 1 is 0.690 bits per heavy atom. The Morgan fingerprint density at radius 2 is 1.29 bits per heavy atom. The minimum absolute atomic E-state index is 0.00469. The summed E-state index contributed by atoms with van der Waals surface area (Å²) in [5.74, 6) is -4.68. The Balaban J connectivity index is 1.44. The van der Waals surface area contributed by atoms with Crippen molar-refractivity contribution >= 4 is 10.8 Å². The molecule has 5 aromatic rings. The summed E-state index contributed by atoms with van der Waals surface area (Å²) in [6.45, 7) is 2.00. The summed E-state index contributed by atoms with van der Waals surface area (Å²) >= 11 is 0. The highest BCUT2D eigenvalue weighted by Crippen LogP contribution is 2.35. The molecule has 0 aliphatic carbocycles. The van der Waals surface area contributed by atoms with Gasteiger partial charge in [0.25, 0.3) is 0 Å². The van der Waals surface area contributed by atoms with Gasteiger partial charge in [-0.15, -0.1) is 0 Å². The van der Waals surface area contributed by atoms with E-state index in [9.17, 15) is 26.3 Å². The van der Waals surface area contributed by atoms with Gasteiger partial charge in [0.1, 0.15) is 23.3 Å². The largest absolute Gasteiger partial charge is 0.458 e. The van der Waals surface area contributed by atoms with Gasteiger partial charge in [-0.05, 0) is 72.2 Å². The highest BCUT2D eigenvalue weighted by atomic mass is 19.4. The summed E-state index contributed by atoms with van der Waals surface area (Å²) in [4.78, 5) is 8.41. The Labute approximate surface area is 234 Å². The summed E-state index contributed by atoms with van der Waals surface area (Å²) in [7, 11) is 0. The van der Waals surface area contributed by atoms with E-state index in [2.05, 4.69) is 9.97 Å². The predicted octanol–water partition coefficient (Wildman–Crippen LogP) is 8.67. The second kappa shape index (κ2) is 11.2. The molecular weight excluding hydrogens is 564 g/mol. The molecule has 1 heterocycles. The Hall–Kier alpha value is -4.78. The van der Waals surface area contributed by atoms with Gasteiger partial charge in [-0.2, -0.15) is 13.2 Å². The summed E-state index contributed by atoms with van der Waals surface area (Å²) in [6.07, 6.45) is -0.535. The number of nitrogens with zero attached hydrogens (tertiary/aromatic N) is 2. The first-order valence-corrected chi connectivity index (χ1v) is 12.5. The molecule has 2 nitrogen and oxygen atoms in total. The molecule has 0 saturated heterocycles. The van der Waals surface area contributed by atoms with Gasteiger partial charge in [-0.3, -0.25) is 0 Å². The zero-order valence-electron chi connectivity index (χ0n) is 21.7. The number of rotatable bonds is 5. The van der Waals surface area contributed by atoms with Crippen molar-refractivity contribution in [2.45, 2.75) is 25.9 Å². The van der Waals surface area contributed by atoms with Gasteiger partial charge in [0.15, 0.2) is 11.6 Å². The maximum Gasteiger partial charge on any atom is 0.458 e. The lowest BCUT2D eigenvalue weighted by molar-refractivity contribution is -0.0696. The number of aryl methyl sites for hydroxylation is 3. The van der Waals surface area contributed by atoms with Crippen LogP contribution in [-0.2, 0) is 12.8 Å². The van der Waals surface area contributed by atoms with E-state index in [1.807, 2.05) is 31.2 Å². The molecule has 0 N–H and O–H groups in total. The molecule has 0 amide bonds. The van der Waals surface area contributed by atoms with Crippen LogP contribution in [0.2, 0.25) is 0 Å². The van der Waals surface area contributed by atoms with Crippen molar-refractivity contribution in [3.8, 4) is 34.4 Å². The molecule has 0 spiro atoms. The van der Waals surface area contributed by atoms with Gasteiger partial charge >= 0.3 is 6.18 Å². The van der Waals surface area contributed by atoms with Crippen LogP contribution >= 0.6 is 0 Å². The highest BCUT2D eigenvalue weighted by molar-refractivity contribution is 5.90. The van der Waals surface area contributed by atoms with Crippen LogP contribution in [0.4, 0.5) is 35.1 Å². The monoisotopic (exact) mass is 582 g/mol. The maximum atomic E-state index is 15.2. The molecule has 212 valence electrons. The van der Waals surface area contributed by atoms with E-state index in [1.54, 1.807) is 12.4 Å². The molecular formula is C32H18F8N2. The van der Waals surface area contributed by atoms with Crippen LogP contribution in [-0.4, -0.2) is 16.1 Å². The number of halogens is 8. The van der Waals surface area contributed by atoms with Gasteiger partial charge in [-0.25, -0.2) is 31.9 Å². The summed E-state index contributed by atoms with van der Waals surface area (Å²) in [5.41, 5.74) is 0.751. The van der Waals surface area contributed by atoms with Crippen LogP contribution in [0.25, 0.3) is 33.3 Å². The molecule has 0 bridgehead atoms. The number of fused-ring (bicyclic) bond motifs is 1. The second-order valence-corrected chi connectivity index (χ2v) is 9.57. The first-order valence-electron chi connectivity index (χ1n) is 12.5. The summed E-state index contributed by atoms with van der Waals surface area (Å²) < 4.78 is 112. The molecule has 5 rings (SSSR count). The van der Waals surface area contributed by atoms with Gasteiger partial charge in [-0.1, -0.05) is 35.7 Å². The molecule has 0 aliphatic rings. The van der Waals surface area contributed by atoms with E-state index in [4.69, 9.17) is 0 Å². The molecule has 4 aromatic carbocycles. The quantitative estimate of drug-likeness (QED) is 0.153. The van der Waals surface area contributed by atoms with E-state index >= 15 is 8.78 Å². The zero-order chi connectivity index (χ0) is 30.2. The molecule has 0 radical (unpaired) electrons. The van der Waals surface area contributed by atoms with Crippen molar-refractivity contribution in [3.63, 3.8) is 0 Å². The third-order valence-corrected chi connectivity index (χ3v) is 6.53. The van der Waals surface area contributed by atoms with Crippen LogP contribution < -0.4 is 0 Å². The molecule has 0 saturated carbocycles.